The number of rotatable bonds is 12. The summed E-state index contributed by atoms with van der Waals surface area (Å²) in [5.74, 6) is -0.278. The number of thioether (sulfide) groups is 1. The Morgan fingerprint density at radius 3 is 2.42 bits per heavy atom. The van der Waals surface area contributed by atoms with Gasteiger partial charge in [-0.05, 0) is 48.6 Å². The fraction of sp³-hybridized carbons (Fsp3) is 0.286. The molecule has 0 aliphatic carbocycles. The molecule has 8 nitrogen and oxygen atoms in total. The number of amides is 1. The third-order valence-electron chi connectivity index (χ3n) is 3.92. The molecule has 10 heteroatoms. The molecule has 0 aliphatic heterocycles. The first-order valence-electron chi connectivity index (χ1n) is 9.51. The molecule has 2 aromatic carbocycles. The van der Waals surface area contributed by atoms with Crippen molar-refractivity contribution in [1.82, 2.24) is 10.0 Å². The molecule has 31 heavy (non-hydrogen) atoms. The molecule has 0 atom stereocenters. The van der Waals surface area contributed by atoms with Gasteiger partial charge in [0.05, 0.1) is 16.5 Å². The van der Waals surface area contributed by atoms with Crippen LogP contribution in [0.5, 0.6) is 0 Å². The van der Waals surface area contributed by atoms with Gasteiger partial charge in [-0.1, -0.05) is 18.2 Å². The SMILES string of the molecule is N#CCCNS(=O)(=O)c1ccc(C(=O)OCC(=O)NCCCSc2ccccc2)cc1. The van der Waals surface area contributed by atoms with Crippen LogP contribution in [-0.2, 0) is 19.6 Å². The Bertz CT molecular complexity index is 1000. The number of carbonyl (C=O) groups excluding carboxylic acids is 2. The average Bonchev–Trinajstić information content (AvgIpc) is 2.78. The van der Waals surface area contributed by atoms with E-state index < -0.39 is 28.5 Å². The first-order chi connectivity index (χ1) is 14.9. The lowest BCUT2D eigenvalue weighted by atomic mass is 10.2. The fourth-order valence-corrected chi connectivity index (χ4v) is 4.27. The molecule has 0 unspecified atom stereocenters. The predicted octanol–water partition coefficient (Wildman–Crippen LogP) is 2.33. The maximum absolute atomic E-state index is 12.0. The maximum Gasteiger partial charge on any atom is 0.338 e. The van der Waals surface area contributed by atoms with Crippen molar-refractivity contribution in [3.05, 3.63) is 60.2 Å². The highest BCUT2D eigenvalue weighted by molar-refractivity contribution is 7.99. The standard InChI is InChI=1S/C21H23N3O5S2/c22-12-4-14-24-31(27,28)19-10-8-17(9-11-19)21(26)29-16-20(25)23-13-5-15-30-18-6-2-1-3-7-18/h1-3,6-11,24H,4-5,13-16H2,(H,23,25). The van der Waals surface area contributed by atoms with E-state index in [0.717, 1.165) is 12.2 Å². The van der Waals surface area contributed by atoms with Crippen molar-refractivity contribution in [2.75, 3.05) is 25.4 Å². The average molecular weight is 462 g/mol. The van der Waals surface area contributed by atoms with Crippen LogP contribution in [0.2, 0.25) is 0 Å². The van der Waals surface area contributed by atoms with E-state index in [0.29, 0.717) is 6.54 Å². The van der Waals surface area contributed by atoms with Gasteiger partial charge in [-0.2, -0.15) is 5.26 Å². The van der Waals surface area contributed by atoms with E-state index in [9.17, 15) is 18.0 Å². The molecule has 0 saturated carbocycles. The van der Waals surface area contributed by atoms with Gasteiger partial charge in [-0.15, -0.1) is 11.8 Å². The van der Waals surface area contributed by atoms with Crippen LogP contribution < -0.4 is 10.0 Å². The number of nitrogens with zero attached hydrogens (tertiary/aromatic N) is 1. The van der Waals surface area contributed by atoms with Gasteiger partial charge in [0.25, 0.3) is 5.91 Å². The molecule has 0 radical (unpaired) electrons. The van der Waals surface area contributed by atoms with Crippen molar-refractivity contribution >= 4 is 33.7 Å². The largest absolute Gasteiger partial charge is 0.452 e. The van der Waals surface area contributed by atoms with Crippen molar-refractivity contribution in [2.45, 2.75) is 22.6 Å². The maximum atomic E-state index is 12.0. The molecule has 0 heterocycles. The molecule has 2 N–H and O–H groups in total. The molecule has 0 fully saturated rings. The number of hydrogen-bond donors (Lipinski definition) is 2. The molecule has 0 saturated heterocycles. The zero-order valence-corrected chi connectivity index (χ0v) is 18.4. The summed E-state index contributed by atoms with van der Waals surface area (Å²) in [4.78, 5) is 25.0. The smallest absolute Gasteiger partial charge is 0.338 e. The zero-order chi connectivity index (χ0) is 22.5. The van der Waals surface area contributed by atoms with E-state index in [1.165, 1.54) is 29.2 Å². The second-order valence-electron chi connectivity index (χ2n) is 6.27. The second kappa shape index (κ2) is 12.7. The molecule has 2 rings (SSSR count). The van der Waals surface area contributed by atoms with Gasteiger partial charge in [0.2, 0.25) is 10.0 Å². The summed E-state index contributed by atoms with van der Waals surface area (Å²) in [6.07, 6.45) is 0.829. The Labute approximate surface area is 186 Å². The molecular weight excluding hydrogens is 438 g/mol. The Morgan fingerprint density at radius 1 is 1.03 bits per heavy atom. The van der Waals surface area contributed by atoms with Gasteiger partial charge in [-0.3, -0.25) is 4.79 Å². The Morgan fingerprint density at radius 2 is 1.74 bits per heavy atom. The molecule has 1 amide bonds. The summed E-state index contributed by atoms with van der Waals surface area (Å²) in [5, 5.41) is 11.2. The number of nitrogens with one attached hydrogen (secondary N) is 2. The molecule has 0 aromatic heterocycles. The Hall–Kier alpha value is -2.87. The number of nitriles is 1. The van der Waals surface area contributed by atoms with E-state index in [4.69, 9.17) is 10.00 Å². The number of ether oxygens (including phenoxy) is 1. The van der Waals surface area contributed by atoms with Gasteiger partial charge in [0.1, 0.15) is 0 Å². The van der Waals surface area contributed by atoms with E-state index in [1.807, 2.05) is 36.4 Å². The Balaban J connectivity index is 1.69. The predicted molar refractivity (Wildman–Crippen MR) is 117 cm³/mol. The number of sulfonamides is 1. The van der Waals surface area contributed by atoms with Crippen LogP contribution in [0, 0.1) is 11.3 Å². The number of hydrogen-bond acceptors (Lipinski definition) is 7. The van der Waals surface area contributed by atoms with Crippen LogP contribution in [0.1, 0.15) is 23.2 Å². The Kier molecular flexibility index (Phi) is 10.0. The summed E-state index contributed by atoms with van der Waals surface area (Å²) in [5.41, 5.74) is 0.128. The molecule has 0 spiro atoms. The molecular formula is C21H23N3O5S2. The van der Waals surface area contributed by atoms with Gasteiger partial charge in [0.15, 0.2) is 6.61 Å². The molecule has 0 bridgehead atoms. The first kappa shape index (κ1) is 24.4. The van der Waals surface area contributed by atoms with Crippen molar-refractivity contribution < 1.29 is 22.7 Å². The minimum atomic E-state index is -3.75. The van der Waals surface area contributed by atoms with Crippen molar-refractivity contribution in [3.8, 4) is 6.07 Å². The van der Waals surface area contributed by atoms with E-state index in [2.05, 4.69) is 10.0 Å². The number of esters is 1. The second-order valence-corrected chi connectivity index (χ2v) is 9.21. The summed E-state index contributed by atoms with van der Waals surface area (Å²) in [6, 6.07) is 16.9. The molecule has 2 aromatic rings. The van der Waals surface area contributed by atoms with Gasteiger partial charge < -0.3 is 10.1 Å². The van der Waals surface area contributed by atoms with Crippen LogP contribution >= 0.6 is 11.8 Å². The summed E-state index contributed by atoms with van der Waals surface area (Å²) >= 11 is 1.70. The lowest BCUT2D eigenvalue weighted by Gasteiger charge is -2.08. The van der Waals surface area contributed by atoms with Crippen molar-refractivity contribution in [1.29, 1.82) is 5.26 Å². The fourth-order valence-electron chi connectivity index (χ4n) is 2.37. The lowest BCUT2D eigenvalue weighted by molar-refractivity contribution is -0.124. The van der Waals surface area contributed by atoms with Gasteiger partial charge in [-0.25, -0.2) is 17.9 Å². The highest BCUT2D eigenvalue weighted by Gasteiger charge is 2.15. The zero-order valence-electron chi connectivity index (χ0n) is 16.7. The van der Waals surface area contributed by atoms with E-state index in [1.54, 1.807) is 11.8 Å². The number of benzene rings is 2. The van der Waals surface area contributed by atoms with Gasteiger partial charge >= 0.3 is 5.97 Å². The summed E-state index contributed by atoms with van der Waals surface area (Å²) < 4.78 is 31.3. The minimum Gasteiger partial charge on any atom is -0.452 e. The number of carbonyl (C=O) groups is 2. The monoisotopic (exact) mass is 461 g/mol. The van der Waals surface area contributed by atoms with Crippen LogP contribution in [-0.4, -0.2) is 45.7 Å². The van der Waals surface area contributed by atoms with Crippen LogP contribution in [0.25, 0.3) is 0 Å². The highest BCUT2D eigenvalue weighted by atomic mass is 32.2. The van der Waals surface area contributed by atoms with Crippen molar-refractivity contribution in [3.63, 3.8) is 0 Å². The van der Waals surface area contributed by atoms with E-state index in [-0.39, 0.29) is 23.4 Å². The normalized spacial score (nSPS) is 10.8. The topological polar surface area (TPSA) is 125 Å². The summed E-state index contributed by atoms with van der Waals surface area (Å²) in [6.45, 7) is 0.0602. The minimum absolute atomic E-state index is 0.00266. The highest BCUT2D eigenvalue weighted by Crippen LogP contribution is 2.17. The van der Waals surface area contributed by atoms with Crippen LogP contribution in [0.3, 0.4) is 0 Å². The molecule has 0 aliphatic rings. The van der Waals surface area contributed by atoms with Crippen LogP contribution in [0.15, 0.2) is 64.4 Å². The van der Waals surface area contributed by atoms with E-state index >= 15 is 0 Å². The third kappa shape index (κ3) is 8.80. The lowest BCUT2D eigenvalue weighted by Crippen LogP contribution is -2.29. The van der Waals surface area contributed by atoms with Crippen molar-refractivity contribution in [2.24, 2.45) is 0 Å². The third-order valence-corrected chi connectivity index (χ3v) is 6.49. The van der Waals surface area contributed by atoms with Crippen LogP contribution in [0.4, 0.5) is 0 Å². The quantitative estimate of drug-likeness (QED) is 0.282. The van der Waals surface area contributed by atoms with Gasteiger partial charge in [0, 0.05) is 24.4 Å². The first-order valence-corrected chi connectivity index (χ1v) is 12.0. The summed E-state index contributed by atoms with van der Waals surface area (Å²) in [7, 11) is -3.75. The molecule has 164 valence electrons.